The molecule has 0 aliphatic heterocycles. The van der Waals surface area contributed by atoms with Crippen molar-refractivity contribution < 1.29 is 4.74 Å². The van der Waals surface area contributed by atoms with Crippen LogP contribution < -0.4 is 5.32 Å². The quantitative estimate of drug-likeness (QED) is 0.750. The van der Waals surface area contributed by atoms with Gasteiger partial charge < -0.3 is 15.0 Å². The van der Waals surface area contributed by atoms with Crippen molar-refractivity contribution >= 4 is 0 Å². The molecule has 0 saturated heterocycles. The predicted octanol–water partition coefficient (Wildman–Crippen LogP) is 2.02. The highest BCUT2D eigenvalue weighted by Gasteiger charge is 2.58. The average molecular weight is 252 g/mol. The van der Waals surface area contributed by atoms with E-state index in [1.54, 1.807) is 0 Å². The van der Waals surface area contributed by atoms with Crippen molar-refractivity contribution in [3.05, 3.63) is 0 Å². The number of hydrogen-bond acceptors (Lipinski definition) is 3. The number of nitrogens with zero attached hydrogens (tertiary/aromatic N) is 1. The fourth-order valence-corrected chi connectivity index (χ4v) is 3.84. The van der Waals surface area contributed by atoms with Gasteiger partial charge in [0.15, 0.2) is 0 Å². The third-order valence-electron chi connectivity index (χ3n) is 5.46. The number of rotatable bonds is 7. The van der Waals surface area contributed by atoms with Gasteiger partial charge in [-0.25, -0.2) is 0 Å². The summed E-state index contributed by atoms with van der Waals surface area (Å²) in [6.07, 6.45) is 8.79. The molecule has 0 bridgehead atoms. The predicted molar refractivity (Wildman–Crippen MR) is 73.8 cm³/mol. The smallest absolute Gasteiger partial charge is 0.0661 e. The van der Waals surface area contributed by atoms with E-state index in [4.69, 9.17) is 4.74 Å². The Balaban J connectivity index is 1.40. The van der Waals surface area contributed by atoms with Gasteiger partial charge in [-0.3, -0.25) is 0 Å². The molecule has 3 fully saturated rings. The van der Waals surface area contributed by atoms with Gasteiger partial charge in [0.1, 0.15) is 0 Å². The highest BCUT2D eigenvalue weighted by atomic mass is 16.5. The minimum atomic E-state index is 0.522. The summed E-state index contributed by atoms with van der Waals surface area (Å²) in [5.41, 5.74) is 0.522. The van der Waals surface area contributed by atoms with Gasteiger partial charge >= 0.3 is 0 Å². The first-order valence-corrected chi connectivity index (χ1v) is 7.81. The summed E-state index contributed by atoms with van der Waals surface area (Å²) < 4.78 is 5.89. The summed E-state index contributed by atoms with van der Waals surface area (Å²) in [5.74, 6) is 0. The molecule has 0 aromatic carbocycles. The van der Waals surface area contributed by atoms with Crippen LogP contribution in [0.15, 0.2) is 0 Å². The molecule has 3 nitrogen and oxygen atoms in total. The maximum absolute atomic E-state index is 5.89. The Bertz CT molecular complexity index is 286. The standard InChI is InChI=1S/C15H28N2O/c1-3-18-14-11-13(15(14)7-4-8-15)16-9-10-17(2)12-5-6-12/h12-14,16H,3-11H2,1-2H3. The zero-order chi connectivity index (χ0) is 12.6. The summed E-state index contributed by atoms with van der Waals surface area (Å²) in [5, 5.41) is 3.79. The molecule has 0 aromatic rings. The highest BCUT2D eigenvalue weighted by molar-refractivity contribution is 5.12. The van der Waals surface area contributed by atoms with Crippen molar-refractivity contribution in [2.24, 2.45) is 5.41 Å². The molecule has 3 aliphatic carbocycles. The monoisotopic (exact) mass is 252 g/mol. The second-order valence-electron chi connectivity index (χ2n) is 6.48. The summed E-state index contributed by atoms with van der Waals surface area (Å²) >= 11 is 0. The van der Waals surface area contributed by atoms with Crippen molar-refractivity contribution in [1.82, 2.24) is 10.2 Å². The van der Waals surface area contributed by atoms with Crippen LogP contribution in [0, 0.1) is 5.41 Å². The van der Waals surface area contributed by atoms with Crippen LogP contribution in [-0.2, 0) is 4.74 Å². The molecule has 18 heavy (non-hydrogen) atoms. The Labute approximate surface area is 111 Å². The fourth-order valence-electron chi connectivity index (χ4n) is 3.84. The molecule has 1 spiro atoms. The van der Waals surface area contributed by atoms with Gasteiger partial charge in [0.05, 0.1) is 6.10 Å². The van der Waals surface area contributed by atoms with Crippen LogP contribution in [0.1, 0.15) is 45.4 Å². The zero-order valence-corrected chi connectivity index (χ0v) is 12.0. The first-order valence-electron chi connectivity index (χ1n) is 7.81. The molecule has 1 N–H and O–H groups in total. The second-order valence-corrected chi connectivity index (χ2v) is 6.48. The largest absolute Gasteiger partial charge is 0.378 e. The summed E-state index contributed by atoms with van der Waals surface area (Å²) in [4.78, 5) is 2.51. The second kappa shape index (κ2) is 5.10. The van der Waals surface area contributed by atoms with E-state index in [1.807, 2.05) is 0 Å². The lowest BCUT2D eigenvalue weighted by Crippen LogP contribution is -2.67. The molecule has 3 saturated carbocycles. The first-order chi connectivity index (χ1) is 8.76. The normalized spacial score (nSPS) is 33.5. The van der Waals surface area contributed by atoms with Crippen LogP contribution in [0.5, 0.6) is 0 Å². The van der Waals surface area contributed by atoms with Gasteiger partial charge in [0, 0.05) is 37.2 Å². The van der Waals surface area contributed by atoms with Crippen molar-refractivity contribution in [2.45, 2.75) is 63.6 Å². The van der Waals surface area contributed by atoms with Gasteiger partial charge in [-0.2, -0.15) is 0 Å². The van der Waals surface area contributed by atoms with Crippen molar-refractivity contribution in [3.63, 3.8) is 0 Å². The van der Waals surface area contributed by atoms with E-state index in [0.717, 1.165) is 25.2 Å². The third kappa shape index (κ3) is 2.21. The number of likely N-dealkylation sites (N-methyl/N-ethyl adjacent to an activating group) is 1. The Morgan fingerprint density at radius 1 is 1.33 bits per heavy atom. The van der Waals surface area contributed by atoms with E-state index in [2.05, 4.69) is 24.2 Å². The molecule has 0 radical (unpaired) electrons. The van der Waals surface area contributed by atoms with Crippen molar-refractivity contribution in [3.8, 4) is 0 Å². The van der Waals surface area contributed by atoms with Crippen LogP contribution >= 0.6 is 0 Å². The van der Waals surface area contributed by atoms with Crippen LogP contribution in [-0.4, -0.2) is 49.8 Å². The zero-order valence-electron chi connectivity index (χ0n) is 12.0. The highest BCUT2D eigenvalue weighted by Crippen LogP contribution is 2.57. The van der Waals surface area contributed by atoms with Crippen molar-refractivity contribution in [2.75, 3.05) is 26.7 Å². The van der Waals surface area contributed by atoms with E-state index in [9.17, 15) is 0 Å². The van der Waals surface area contributed by atoms with Gasteiger partial charge in [-0.15, -0.1) is 0 Å². The van der Waals surface area contributed by atoms with E-state index in [1.165, 1.54) is 45.1 Å². The van der Waals surface area contributed by atoms with Crippen LogP contribution in [0.25, 0.3) is 0 Å². The van der Waals surface area contributed by atoms with Crippen molar-refractivity contribution in [1.29, 1.82) is 0 Å². The molecule has 0 aromatic heterocycles. The lowest BCUT2D eigenvalue weighted by atomic mass is 9.51. The van der Waals surface area contributed by atoms with E-state index in [-0.39, 0.29) is 0 Å². The topological polar surface area (TPSA) is 24.5 Å². The van der Waals surface area contributed by atoms with Gasteiger partial charge in [0.2, 0.25) is 0 Å². The molecule has 3 rings (SSSR count). The van der Waals surface area contributed by atoms with Gasteiger partial charge in [0.25, 0.3) is 0 Å². The maximum Gasteiger partial charge on any atom is 0.0661 e. The number of hydrogen-bond donors (Lipinski definition) is 1. The molecule has 3 aliphatic rings. The Hall–Kier alpha value is -0.120. The van der Waals surface area contributed by atoms with Gasteiger partial charge in [-0.1, -0.05) is 6.42 Å². The van der Waals surface area contributed by atoms with Crippen LogP contribution in [0.4, 0.5) is 0 Å². The first kappa shape index (κ1) is 12.9. The average Bonchev–Trinajstić information content (AvgIpc) is 3.07. The van der Waals surface area contributed by atoms with Crippen LogP contribution in [0.3, 0.4) is 0 Å². The summed E-state index contributed by atoms with van der Waals surface area (Å²) in [6, 6.07) is 1.62. The molecular formula is C15H28N2O. The van der Waals surface area contributed by atoms with E-state index < -0.39 is 0 Å². The van der Waals surface area contributed by atoms with E-state index in [0.29, 0.717) is 11.5 Å². The Morgan fingerprint density at radius 2 is 2.11 bits per heavy atom. The molecule has 0 amide bonds. The molecule has 0 heterocycles. The maximum atomic E-state index is 5.89. The minimum absolute atomic E-state index is 0.522. The molecule has 3 heteroatoms. The SMILES string of the molecule is CCOC1CC(NCCN(C)C2CC2)C12CCC2. The molecule has 2 atom stereocenters. The molecule has 2 unspecified atom stereocenters. The summed E-state index contributed by atoms with van der Waals surface area (Å²) in [6.45, 7) is 5.36. The lowest BCUT2D eigenvalue weighted by Gasteiger charge is -2.61. The van der Waals surface area contributed by atoms with Crippen LogP contribution in [0.2, 0.25) is 0 Å². The number of nitrogens with one attached hydrogen (secondary N) is 1. The minimum Gasteiger partial charge on any atom is -0.378 e. The Morgan fingerprint density at radius 3 is 2.67 bits per heavy atom. The lowest BCUT2D eigenvalue weighted by molar-refractivity contribution is -0.172. The molecular weight excluding hydrogens is 224 g/mol. The molecule has 104 valence electrons. The van der Waals surface area contributed by atoms with E-state index >= 15 is 0 Å². The van der Waals surface area contributed by atoms with Gasteiger partial charge in [-0.05, 0) is 46.1 Å². The number of ether oxygens (including phenoxy) is 1. The fraction of sp³-hybridized carbons (Fsp3) is 1.00. The third-order valence-corrected chi connectivity index (χ3v) is 5.46. The summed E-state index contributed by atoms with van der Waals surface area (Å²) in [7, 11) is 2.27. The Kier molecular flexibility index (Phi) is 3.65.